The number of nitrogens with zero attached hydrogens (tertiary/aromatic N) is 3. The van der Waals surface area contributed by atoms with Crippen molar-refractivity contribution in [3.05, 3.63) is 72.5 Å². The number of aliphatic hydroxyl groups is 1. The first-order valence-electron chi connectivity index (χ1n) is 11.2. The van der Waals surface area contributed by atoms with Gasteiger partial charge in [-0.1, -0.05) is 24.3 Å². The van der Waals surface area contributed by atoms with E-state index in [-0.39, 0.29) is 12.0 Å². The van der Waals surface area contributed by atoms with Crippen molar-refractivity contribution in [2.75, 3.05) is 43.1 Å². The summed E-state index contributed by atoms with van der Waals surface area (Å²) in [6.07, 6.45) is -0.910. The molecule has 1 saturated heterocycles. The summed E-state index contributed by atoms with van der Waals surface area (Å²) in [7, 11) is 1.60. The number of hydrogen-bond donors (Lipinski definition) is 1. The van der Waals surface area contributed by atoms with Gasteiger partial charge < -0.3 is 24.4 Å². The lowest BCUT2D eigenvalue weighted by molar-refractivity contribution is 0.0596. The highest BCUT2D eigenvalue weighted by Gasteiger charge is 2.37. The Morgan fingerprint density at radius 3 is 2.06 bits per heavy atom. The zero-order chi connectivity index (χ0) is 22.9. The Bertz CT molecular complexity index is 1090. The van der Waals surface area contributed by atoms with Crippen LogP contribution >= 0.6 is 0 Å². The third-order valence-corrected chi connectivity index (χ3v) is 6.34. The fourth-order valence-corrected chi connectivity index (χ4v) is 4.84. The predicted molar refractivity (Wildman–Crippen MR) is 127 cm³/mol. The van der Waals surface area contributed by atoms with Crippen LogP contribution in [0.2, 0.25) is 0 Å². The quantitative estimate of drug-likeness (QED) is 0.614. The molecule has 2 heterocycles. The third kappa shape index (κ3) is 3.98. The van der Waals surface area contributed by atoms with Crippen molar-refractivity contribution in [2.24, 2.45) is 0 Å². The van der Waals surface area contributed by atoms with Crippen molar-refractivity contribution in [2.45, 2.75) is 19.2 Å². The number of anilines is 3. The SMILES string of the molecule is COc1ccc(F)cc1N1CCN(C(C(C)O)N2c3ccccc3Oc3ccccc32)CC1. The van der Waals surface area contributed by atoms with Crippen LogP contribution in [0.5, 0.6) is 17.2 Å². The number of methoxy groups -OCH3 is 1. The minimum atomic E-state index is -0.625. The number of fused-ring (bicyclic) bond motifs is 2. The number of piperazine rings is 1. The second-order valence-corrected chi connectivity index (χ2v) is 8.40. The molecule has 172 valence electrons. The van der Waals surface area contributed by atoms with Crippen LogP contribution in [-0.2, 0) is 0 Å². The number of para-hydroxylation sites is 4. The topological polar surface area (TPSA) is 48.4 Å². The van der Waals surface area contributed by atoms with Gasteiger partial charge in [0.15, 0.2) is 11.5 Å². The molecular weight excluding hydrogens is 421 g/mol. The molecule has 0 radical (unpaired) electrons. The summed E-state index contributed by atoms with van der Waals surface area (Å²) in [6.45, 7) is 4.62. The Morgan fingerprint density at radius 2 is 1.48 bits per heavy atom. The van der Waals surface area contributed by atoms with Crippen molar-refractivity contribution in [3.8, 4) is 17.2 Å². The first kappa shape index (κ1) is 21.6. The Balaban J connectivity index is 1.44. The highest BCUT2D eigenvalue weighted by molar-refractivity contribution is 5.78. The first-order chi connectivity index (χ1) is 16.1. The monoisotopic (exact) mass is 449 g/mol. The van der Waals surface area contributed by atoms with Crippen LogP contribution in [0.1, 0.15) is 6.92 Å². The molecule has 0 aliphatic carbocycles. The van der Waals surface area contributed by atoms with Crippen molar-refractivity contribution in [3.63, 3.8) is 0 Å². The van der Waals surface area contributed by atoms with Gasteiger partial charge in [-0.3, -0.25) is 4.90 Å². The Morgan fingerprint density at radius 1 is 0.879 bits per heavy atom. The molecule has 1 fully saturated rings. The normalized spacial score (nSPS) is 17.6. The fourth-order valence-electron chi connectivity index (χ4n) is 4.84. The van der Waals surface area contributed by atoms with Crippen LogP contribution in [0, 0.1) is 5.82 Å². The van der Waals surface area contributed by atoms with E-state index in [2.05, 4.69) is 14.7 Å². The molecule has 2 unspecified atom stereocenters. The van der Waals surface area contributed by atoms with E-state index in [9.17, 15) is 9.50 Å². The molecule has 0 amide bonds. The van der Waals surface area contributed by atoms with Crippen molar-refractivity contribution in [1.82, 2.24) is 4.90 Å². The van der Waals surface area contributed by atoms with Gasteiger partial charge in [-0.25, -0.2) is 4.39 Å². The maximum atomic E-state index is 13.9. The van der Waals surface area contributed by atoms with Crippen molar-refractivity contribution >= 4 is 17.1 Å². The summed E-state index contributed by atoms with van der Waals surface area (Å²) in [5.41, 5.74) is 2.61. The predicted octanol–water partition coefficient (Wildman–Crippen LogP) is 4.61. The lowest BCUT2D eigenvalue weighted by Gasteiger charge is -2.47. The number of halogens is 1. The van der Waals surface area contributed by atoms with Crippen LogP contribution < -0.4 is 19.3 Å². The van der Waals surface area contributed by atoms with Crippen molar-refractivity contribution < 1.29 is 19.0 Å². The summed E-state index contributed by atoms with van der Waals surface area (Å²) in [4.78, 5) is 6.60. The highest BCUT2D eigenvalue weighted by atomic mass is 19.1. The molecule has 2 atom stereocenters. The highest BCUT2D eigenvalue weighted by Crippen LogP contribution is 2.48. The van der Waals surface area contributed by atoms with Gasteiger partial charge in [0.05, 0.1) is 30.3 Å². The first-order valence-corrected chi connectivity index (χ1v) is 11.2. The summed E-state index contributed by atoms with van der Waals surface area (Å²) in [5, 5.41) is 11.0. The minimum absolute atomic E-state index is 0.281. The summed E-state index contributed by atoms with van der Waals surface area (Å²) in [5.74, 6) is 1.92. The van der Waals surface area contributed by atoms with E-state index in [0.717, 1.165) is 28.6 Å². The average Bonchev–Trinajstić information content (AvgIpc) is 2.84. The Kier molecular flexibility index (Phi) is 5.83. The maximum Gasteiger partial charge on any atom is 0.151 e. The molecule has 2 aliphatic heterocycles. The van der Waals surface area contributed by atoms with Gasteiger partial charge in [-0.15, -0.1) is 0 Å². The second-order valence-electron chi connectivity index (χ2n) is 8.40. The maximum absolute atomic E-state index is 13.9. The van der Waals surface area contributed by atoms with E-state index in [4.69, 9.17) is 9.47 Å². The zero-order valence-electron chi connectivity index (χ0n) is 18.8. The van der Waals surface area contributed by atoms with Crippen LogP contribution in [0.15, 0.2) is 66.7 Å². The van der Waals surface area contributed by atoms with E-state index in [0.29, 0.717) is 31.9 Å². The van der Waals surface area contributed by atoms with Crippen LogP contribution in [0.25, 0.3) is 0 Å². The number of benzene rings is 3. The molecule has 7 heteroatoms. The van der Waals surface area contributed by atoms with E-state index >= 15 is 0 Å². The molecule has 0 saturated carbocycles. The van der Waals surface area contributed by atoms with E-state index in [1.807, 2.05) is 55.5 Å². The van der Waals surface area contributed by atoms with Crippen LogP contribution in [-0.4, -0.2) is 55.6 Å². The van der Waals surface area contributed by atoms with Crippen LogP contribution in [0.3, 0.4) is 0 Å². The largest absolute Gasteiger partial charge is 0.495 e. The molecule has 0 bridgehead atoms. The molecule has 2 aliphatic rings. The lowest BCUT2D eigenvalue weighted by atomic mass is 10.1. The molecule has 3 aromatic rings. The van der Waals surface area contributed by atoms with Crippen molar-refractivity contribution in [1.29, 1.82) is 0 Å². The molecule has 6 nitrogen and oxygen atoms in total. The minimum Gasteiger partial charge on any atom is -0.495 e. The Hall–Kier alpha value is -3.29. The third-order valence-electron chi connectivity index (χ3n) is 6.34. The second kappa shape index (κ2) is 8.92. The summed E-state index contributed by atoms with van der Waals surface area (Å²) < 4.78 is 25.5. The molecule has 3 aromatic carbocycles. The molecule has 0 spiro atoms. The van der Waals surface area contributed by atoms with Gasteiger partial charge in [0.25, 0.3) is 0 Å². The van der Waals surface area contributed by atoms with Gasteiger partial charge in [0, 0.05) is 32.2 Å². The zero-order valence-corrected chi connectivity index (χ0v) is 18.8. The standard InChI is InChI=1S/C26H28FN3O3/c1-18(31)26(29-15-13-28(14-16-29)22-17-19(27)11-12-23(22)32-2)30-20-7-3-5-9-24(20)33-25-10-6-4-8-21(25)30/h3-12,17-18,26,31H,13-16H2,1-2H3. The molecule has 1 N–H and O–H groups in total. The average molecular weight is 450 g/mol. The van der Waals surface area contributed by atoms with E-state index in [1.54, 1.807) is 13.2 Å². The number of hydrogen-bond acceptors (Lipinski definition) is 6. The molecular formula is C26H28FN3O3. The number of rotatable bonds is 5. The van der Waals surface area contributed by atoms with Gasteiger partial charge >= 0.3 is 0 Å². The van der Waals surface area contributed by atoms with E-state index < -0.39 is 6.10 Å². The fraction of sp³-hybridized carbons (Fsp3) is 0.308. The molecule has 0 aromatic heterocycles. The molecule has 5 rings (SSSR count). The smallest absolute Gasteiger partial charge is 0.151 e. The lowest BCUT2D eigenvalue weighted by Crippen LogP contribution is -2.59. The molecule has 33 heavy (non-hydrogen) atoms. The summed E-state index contributed by atoms with van der Waals surface area (Å²) >= 11 is 0. The van der Waals surface area contributed by atoms with Gasteiger partial charge in [-0.05, 0) is 43.3 Å². The van der Waals surface area contributed by atoms with Gasteiger partial charge in [0.2, 0.25) is 0 Å². The van der Waals surface area contributed by atoms with Gasteiger partial charge in [0.1, 0.15) is 17.7 Å². The number of ether oxygens (including phenoxy) is 2. The number of aliphatic hydroxyl groups excluding tert-OH is 1. The van der Waals surface area contributed by atoms with Gasteiger partial charge in [-0.2, -0.15) is 0 Å². The summed E-state index contributed by atoms with van der Waals surface area (Å²) in [6, 6.07) is 20.4. The van der Waals surface area contributed by atoms with Crippen LogP contribution in [0.4, 0.5) is 21.5 Å². The van der Waals surface area contributed by atoms with E-state index in [1.165, 1.54) is 12.1 Å². The Labute approximate surface area is 193 Å².